The molecule has 5 heteroatoms. The highest BCUT2D eigenvalue weighted by molar-refractivity contribution is 5.82. The van der Waals surface area contributed by atoms with E-state index in [0.717, 1.165) is 17.7 Å². The summed E-state index contributed by atoms with van der Waals surface area (Å²) in [5.41, 5.74) is 1.76. The van der Waals surface area contributed by atoms with E-state index in [1.165, 1.54) is 7.11 Å². The predicted molar refractivity (Wildman–Crippen MR) is 68.4 cm³/mol. The molecule has 2 aliphatic rings. The number of aliphatic hydroxyl groups excluding tert-OH is 1. The van der Waals surface area contributed by atoms with Crippen LogP contribution in [0, 0.1) is 0 Å². The highest BCUT2D eigenvalue weighted by Gasteiger charge is 2.40. The van der Waals surface area contributed by atoms with Crippen molar-refractivity contribution in [2.24, 2.45) is 0 Å². The minimum Gasteiger partial charge on any atom is -0.469 e. The van der Waals surface area contributed by atoms with Gasteiger partial charge < -0.3 is 9.84 Å². The molecule has 0 amide bonds. The Morgan fingerprint density at radius 2 is 2.21 bits per heavy atom. The average molecular weight is 263 g/mol. The number of rotatable bonds is 1. The third kappa shape index (κ3) is 2.09. The van der Waals surface area contributed by atoms with Crippen molar-refractivity contribution in [3.05, 3.63) is 29.8 Å². The summed E-state index contributed by atoms with van der Waals surface area (Å²) in [4.78, 5) is 17.5. The Morgan fingerprint density at radius 1 is 1.42 bits per heavy atom. The van der Waals surface area contributed by atoms with Crippen LogP contribution < -0.4 is 5.06 Å². The molecule has 5 nitrogen and oxygen atoms in total. The van der Waals surface area contributed by atoms with Gasteiger partial charge in [0.1, 0.15) is 0 Å². The number of hydroxylamine groups is 1. The van der Waals surface area contributed by atoms with Crippen molar-refractivity contribution in [3.8, 4) is 0 Å². The molecule has 0 saturated carbocycles. The SMILES string of the molecule is COC(=O)[C@H]1C[C@H]2CC[C@H](O)ON2c2ccccc21. The van der Waals surface area contributed by atoms with Crippen molar-refractivity contribution in [2.45, 2.75) is 37.5 Å². The normalized spacial score (nSPS) is 29.4. The van der Waals surface area contributed by atoms with Gasteiger partial charge in [-0.15, -0.1) is 0 Å². The zero-order chi connectivity index (χ0) is 13.4. The molecule has 0 unspecified atom stereocenters. The highest BCUT2D eigenvalue weighted by atomic mass is 16.8. The van der Waals surface area contributed by atoms with E-state index in [1.807, 2.05) is 24.3 Å². The Labute approximate surface area is 111 Å². The van der Waals surface area contributed by atoms with E-state index in [9.17, 15) is 9.90 Å². The van der Waals surface area contributed by atoms with Gasteiger partial charge in [-0.2, -0.15) is 0 Å². The lowest BCUT2D eigenvalue weighted by atomic mass is 9.84. The van der Waals surface area contributed by atoms with Crippen LogP contribution in [0.25, 0.3) is 0 Å². The number of carbonyl (C=O) groups is 1. The number of nitrogens with zero attached hydrogens (tertiary/aromatic N) is 1. The van der Waals surface area contributed by atoms with E-state index in [2.05, 4.69) is 0 Å². The molecule has 19 heavy (non-hydrogen) atoms. The summed E-state index contributed by atoms with van der Waals surface area (Å²) < 4.78 is 4.90. The Hall–Kier alpha value is -1.59. The molecule has 1 fully saturated rings. The van der Waals surface area contributed by atoms with Crippen LogP contribution in [0.5, 0.6) is 0 Å². The Bertz CT molecular complexity index is 490. The zero-order valence-electron chi connectivity index (χ0n) is 10.8. The van der Waals surface area contributed by atoms with Crippen molar-refractivity contribution >= 4 is 11.7 Å². The molecule has 0 aliphatic carbocycles. The molecule has 1 saturated heterocycles. The lowest BCUT2D eigenvalue weighted by molar-refractivity contribution is -0.152. The van der Waals surface area contributed by atoms with Gasteiger partial charge in [0, 0.05) is 6.42 Å². The standard InChI is InChI=1S/C14H17NO4/c1-18-14(17)11-8-9-6-7-13(16)19-15(9)12-5-3-2-4-10(11)12/h2-5,9,11,13,16H,6-8H2,1H3/t9-,11+,13-/m1/s1. The number of aliphatic hydroxyl groups is 1. The summed E-state index contributed by atoms with van der Waals surface area (Å²) in [5.74, 6) is -0.459. The number of hydrogen-bond donors (Lipinski definition) is 1. The molecule has 0 bridgehead atoms. The van der Waals surface area contributed by atoms with Crippen molar-refractivity contribution in [1.29, 1.82) is 0 Å². The van der Waals surface area contributed by atoms with Crippen LogP contribution in [0.1, 0.15) is 30.7 Å². The van der Waals surface area contributed by atoms with Gasteiger partial charge in [-0.3, -0.25) is 4.79 Å². The molecule has 3 atom stereocenters. The van der Waals surface area contributed by atoms with Gasteiger partial charge in [0.25, 0.3) is 0 Å². The van der Waals surface area contributed by atoms with Crippen molar-refractivity contribution in [3.63, 3.8) is 0 Å². The zero-order valence-corrected chi connectivity index (χ0v) is 10.8. The molecular formula is C14H17NO4. The van der Waals surface area contributed by atoms with Crippen LogP contribution in [0.4, 0.5) is 5.69 Å². The summed E-state index contributed by atoms with van der Waals surface area (Å²) in [5, 5.41) is 11.4. The van der Waals surface area contributed by atoms with E-state index in [1.54, 1.807) is 5.06 Å². The minimum absolute atomic E-state index is 0.113. The summed E-state index contributed by atoms with van der Waals surface area (Å²) in [6.45, 7) is 0. The third-order valence-electron chi connectivity index (χ3n) is 3.86. The number of esters is 1. The number of carbonyl (C=O) groups excluding carboxylic acids is 1. The lowest BCUT2D eigenvalue weighted by Gasteiger charge is -2.44. The van der Waals surface area contributed by atoms with Crippen LogP contribution in [-0.4, -0.2) is 30.5 Å². The molecule has 2 heterocycles. The number of ether oxygens (including phenoxy) is 1. The van der Waals surface area contributed by atoms with Gasteiger partial charge >= 0.3 is 5.97 Å². The largest absolute Gasteiger partial charge is 0.469 e. The molecule has 0 aromatic heterocycles. The van der Waals surface area contributed by atoms with Gasteiger partial charge in [-0.05, 0) is 24.5 Å². The summed E-state index contributed by atoms with van der Waals surface area (Å²) in [6.07, 6.45) is 1.30. The van der Waals surface area contributed by atoms with E-state index in [0.29, 0.717) is 12.8 Å². The Balaban J connectivity index is 2.00. The molecule has 1 aromatic rings. The maximum atomic E-state index is 11.9. The molecule has 2 aliphatic heterocycles. The Morgan fingerprint density at radius 3 is 3.00 bits per heavy atom. The monoisotopic (exact) mass is 263 g/mol. The first-order valence-corrected chi connectivity index (χ1v) is 6.51. The van der Waals surface area contributed by atoms with Gasteiger partial charge in [-0.25, -0.2) is 9.90 Å². The topological polar surface area (TPSA) is 59.0 Å². The van der Waals surface area contributed by atoms with Crippen molar-refractivity contribution in [1.82, 2.24) is 0 Å². The first-order chi connectivity index (χ1) is 9.20. The number of anilines is 1. The third-order valence-corrected chi connectivity index (χ3v) is 3.86. The average Bonchev–Trinajstić information content (AvgIpc) is 2.46. The molecule has 3 rings (SSSR count). The fourth-order valence-corrected chi connectivity index (χ4v) is 2.94. The lowest BCUT2D eigenvalue weighted by Crippen LogP contribution is -2.48. The van der Waals surface area contributed by atoms with Crippen LogP contribution in [0.3, 0.4) is 0 Å². The maximum absolute atomic E-state index is 11.9. The van der Waals surface area contributed by atoms with Crippen molar-refractivity contribution in [2.75, 3.05) is 12.2 Å². The van der Waals surface area contributed by atoms with Gasteiger partial charge in [0.05, 0.1) is 24.8 Å². The summed E-state index contributed by atoms with van der Waals surface area (Å²) >= 11 is 0. The number of fused-ring (bicyclic) bond motifs is 3. The molecule has 1 N–H and O–H groups in total. The maximum Gasteiger partial charge on any atom is 0.313 e. The van der Waals surface area contributed by atoms with Gasteiger partial charge in [0.15, 0.2) is 6.29 Å². The van der Waals surface area contributed by atoms with E-state index in [4.69, 9.17) is 9.57 Å². The fraction of sp³-hybridized carbons (Fsp3) is 0.500. The molecule has 102 valence electrons. The smallest absolute Gasteiger partial charge is 0.313 e. The first kappa shape index (κ1) is 12.4. The second kappa shape index (κ2) is 4.83. The van der Waals surface area contributed by atoms with Gasteiger partial charge in [-0.1, -0.05) is 18.2 Å². The number of para-hydroxylation sites is 1. The predicted octanol–water partition coefficient (Wildman–Crippen LogP) is 1.57. The van der Waals surface area contributed by atoms with Crippen LogP contribution >= 0.6 is 0 Å². The number of benzene rings is 1. The number of hydrogen-bond acceptors (Lipinski definition) is 5. The second-order valence-electron chi connectivity index (χ2n) is 4.99. The van der Waals surface area contributed by atoms with Crippen molar-refractivity contribution < 1.29 is 19.5 Å². The molecule has 0 spiro atoms. The second-order valence-corrected chi connectivity index (χ2v) is 4.99. The summed E-state index contributed by atoms with van der Waals surface area (Å²) in [7, 11) is 1.42. The molecular weight excluding hydrogens is 246 g/mol. The minimum atomic E-state index is -0.765. The van der Waals surface area contributed by atoms with Crippen LogP contribution in [-0.2, 0) is 14.4 Å². The van der Waals surface area contributed by atoms with E-state index >= 15 is 0 Å². The van der Waals surface area contributed by atoms with E-state index in [-0.39, 0.29) is 17.9 Å². The quantitative estimate of drug-likeness (QED) is 0.779. The first-order valence-electron chi connectivity index (χ1n) is 6.51. The fourth-order valence-electron chi connectivity index (χ4n) is 2.94. The van der Waals surface area contributed by atoms with E-state index < -0.39 is 6.29 Å². The van der Waals surface area contributed by atoms with Crippen LogP contribution in [0.2, 0.25) is 0 Å². The summed E-state index contributed by atoms with van der Waals surface area (Å²) in [6, 6.07) is 7.74. The van der Waals surface area contributed by atoms with Gasteiger partial charge in [0.2, 0.25) is 0 Å². The molecule has 1 aromatic carbocycles. The Kier molecular flexibility index (Phi) is 3.16. The number of methoxy groups -OCH3 is 1. The van der Waals surface area contributed by atoms with Crippen LogP contribution in [0.15, 0.2) is 24.3 Å². The highest BCUT2D eigenvalue weighted by Crippen LogP contribution is 2.42. The molecule has 0 radical (unpaired) electrons.